The summed E-state index contributed by atoms with van der Waals surface area (Å²) in [6.07, 6.45) is 1.50. The van der Waals surface area contributed by atoms with Gasteiger partial charge in [0.15, 0.2) is 5.82 Å². The number of halogens is 3. The first-order chi connectivity index (χ1) is 13.5. The van der Waals surface area contributed by atoms with Gasteiger partial charge in [-0.25, -0.2) is 4.98 Å². The van der Waals surface area contributed by atoms with Gasteiger partial charge in [-0.05, 0) is 36.4 Å². The van der Waals surface area contributed by atoms with Gasteiger partial charge in [-0.1, -0.05) is 65.1 Å². The van der Waals surface area contributed by atoms with E-state index in [9.17, 15) is 4.79 Å². The lowest BCUT2D eigenvalue weighted by atomic mass is 10.2. The van der Waals surface area contributed by atoms with Crippen LogP contribution in [0.15, 0.2) is 76.6 Å². The van der Waals surface area contributed by atoms with Crippen molar-refractivity contribution < 1.29 is 0 Å². The molecule has 0 saturated carbocycles. The lowest BCUT2D eigenvalue weighted by molar-refractivity contribution is 0.830. The van der Waals surface area contributed by atoms with E-state index >= 15 is 0 Å². The molecule has 0 aliphatic heterocycles. The molecule has 0 radical (unpaired) electrons. The molecule has 0 N–H and O–H groups in total. The third-order valence-electron chi connectivity index (χ3n) is 4.14. The van der Waals surface area contributed by atoms with Crippen molar-refractivity contribution in [3.05, 3.63) is 97.7 Å². The molecule has 0 unspecified atom stereocenters. The predicted molar refractivity (Wildman–Crippen MR) is 116 cm³/mol. The predicted octanol–water partition coefficient (Wildman–Crippen LogP) is 5.91. The van der Waals surface area contributed by atoms with E-state index < -0.39 is 0 Å². The molecule has 4 nitrogen and oxygen atoms in total. The molecule has 28 heavy (non-hydrogen) atoms. The van der Waals surface area contributed by atoms with Crippen LogP contribution in [0, 0.1) is 0 Å². The fraction of sp³-hybridized carbons (Fsp3) is 0. The summed E-state index contributed by atoms with van der Waals surface area (Å²) >= 11 is 18.5. The largest absolute Gasteiger partial charge is 0.282 e. The topological polar surface area (TPSA) is 47.2 Å². The molecule has 1 aromatic heterocycles. The van der Waals surface area contributed by atoms with Crippen LogP contribution in [-0.4, -0.2) is 15.9 Å². The van der Waals surface area contributed by atoms with Gasteiger partial charge in [-0.2, -0.15) is 9.78 Å². The molecule has 0 bridgehead atoms. The summed E-state index contributed by atoms with van der Waals surface area (Å²) in [6.45, 7) is 0. The van der Waals surface area contributed by atoms with E-state index in [1.54, 1.807) is 48.5 Å². The van der Waals surface area contributed by atoms with Crippen LogP contribution < -0.4 is 5.56 Å². The molecule has 0 spiro atoms. The SMILES string of the molecule is O=c1c2ccccc2nc(-c2ccccc2Cl)n1/N=C/c1ccc(Cl)cc1Cl. The van der Waals surface area contributed by atoms with Crippen molar-refractivity contribution in [3.8, 4) is 11.4 Å². The van der Waals surface area contributed by atoms with Gasteiger partial charge in [0.2, 0.25) is 0 Å². The Morgan fingerprint density at radius 3 is 2.43 bits per heavy atom. The van der Waals surface area contributed by atoms with E-state index in [1.165, 1.54) is 10.9 Å². The maximum Gasteiger partial charge on any atom is 0.282 e. The number of benzene rings is 3. The lowest BCUT2D eigenvalue weighted by Crippen LogP contribution is -2.20. The molecule has 0 atom stereocenters. The summed E-state index contributed by atoms with van der Waals surface area (Å²) in [5.41, 5.74) is 1.49. The van der Waals surface area contributed by atoms with E-state index in [0.29, 0.717) is 42.9 Å². The second-order valence-electron chi connectivity index (χ2n) is 5.96. The number of nitrogens with zero attached hydrogens (tertiary/aromatic N) is 3. The van der Waals surface area contributed by atoms with Gasteiger partial charge in [0.25, 0.3) is 5.56 Å². The minimum atomic E-state index is -0.304. The minimum Gasteiger partial charge on any atom is -0.267 e. The molecule has 1 heterocycles. The zero-order valence-corrected chi connectivity index (χ0v) is 16.6. The highest BCUT2D eigenvalue weighted by Crippen LogP contribution is 2.27. The molecule has 4 aromatic rings. The molecular weight excluding hydrogens is 417 g/mol. The van der Waals surface area contributed by atoms with Crippen LogP contribution in [0.5, 0.6) is 0 Å². The number of fused-ring (bicyclic) bond motifs is 1. The van der Waals surface area contributed by atoms with Crippen LogP contribution in [0.3, 0.4) is 0 Å². The summed E-state index contributed by atoms with van der Waals surface area (Å²) in [4.78, 5) is 17.7. The Kier molecular flexibility index (Phi) is 5.18. The molecule has 0 aliphatic rings. The third kappa shape index (κ3) is 3.54. The minimum absolute atomic E-state index is 0.304. The summed E-state index contributed by atoms with van der Waals surface area (Å²) in [5, 5.41) is 6.24. The van der Waals surface area contributed by atoms with E-state index in [0.717, 1.165) is 0 Å². The molecular formula is C21H12Cl3N3O. The monoisotopic (exact) mass is 427 g/mol. The smallest absolute Gasteiger partial charge is 0.267 e. The van der Waals surface area contributed by atoms with Crippen LogP contribution in [0.4, 0.5) is 0 Å². The van der Waals surface area contributed by atoms with Crippen molar-refractivity contribution in [1.29, 1.82) is 0 Å². The highest BCUT2D eigenvalue weighted by atomic mass is 35.5. The normalized spacial score (nSPS) is 11.4. The molecule has 0 saturated heterocycles. The van der Waals surface area contributed by atoms with Gasteiger partial charge in [0, 0.05) is 16.1 Å². The van der Waals surface area contributed by atoms with Crippen molar-refractivity contribution >= 4 is 51.9 Å². The van der Waals surface area contributed by atoms with Crippen molar-refractivity contribution in [1.82, 2.24) is 9.66 Å². The third-order valence-corrected chi connectivity index (χ3v) is 5.04. The Bertz CT molecular complexity index is 1280. The summed E-state index contributed by atoms with van der Waals surface area (Å²) in [6, 6.07) is 19.3. The molecule has 3 aromatic carbocycles. The van der Waals surface area contributed by atoms with E-state index in [1.807, 2.05) is 18.2 Å². The fourth-order valence-corrected chi connectivity index (χ4v) is 3.45. The molecule has 7 heteroatoms. The number of hydrogen-bond acceptors (Lipinski definition) is 3. The summed E-state index contributed by atoms with van der Waals surface area (Å²) in [5.74, 6) is 0.343. The molecule has 0 amide bonds. The fourth-order valence-electron chi connectivity index (χ4n) is 2.77. The maximum atomic E-state index is 13.1. The quantitative estimate of drug-likeness (QED) is 0.381. The highest BCUT2D eigenvalue weighted by molar-refractivity contribution is 6.36. The van der Waals surface area contributed by atoms with Crippen molar-refractivity contribution in [3.63, 3.8) is 0 Å². The zero-order valence-electron chi connectivity index (χ0n) is 14.3. The van der Waals surface area contributed by atoms with Gasteiger partial charge in [0.1, 0.15) is 0 Å². The Labute approximate surface area is 175 Å². The second kappa shape index (κ2) is 7.76. The first-order valence-corrected chi connectivity index (χ1v) is 9.44. The first-order valence-electron chi connectivity index (χ1n) is 8.31. The Hall–Kier alpha value is -2.66. The Morgan fingerprint density at radius 2 is 1.64 bits per heavy atom. The zero-order chi connectivity index (χ0) is 19.7. The maximum absolute atomic E-state index is 13.1. The van der Waals surface area contributed by atoms with Crippen LogP contribution in [0.25, 0.3) is 22.3 Å². The number of aromatic nitrogens is 2. The average molecular weight is 429 g/mol. The van der Waals surface area contributed by atoms with Gasteiger partial charge in [-0.15, -0.1) is 0 Å². The van der Waals surface area contributed by atoms with Gasteiger partial charge in [-0.3, -0.25) is 4.79 Å². The average Bonchev–Trinajstić information content (AvgIpc) is 2.69. The van der Waals surface area contributed by atoms with Crippen molar-refractivity contribution in [2.45, 2.75) is 0 Å². The second-order valence-corrected chi connectivity index (χ2v) is 7.21. The lowest BCUT2D eigenvalue weighted by Gasteiger charge is -2.10. The molecule has 0 fully saturated rings. The van der Waals surface area contributed by atoms with Gasteiger partial charge in [0.05, 0.1) is 27.2 Å². The van der Waals surface area contributed by atoms with Crippen LogP contribution >= 0.6 is 34.8 Å². The molecule has 138 valence electrons. The van der Waals surface area contributed by atoms with Crippen molar-refractivity contribution in [2.24, 2.45) is 5.10 Å². The number of hydrogen-bond donors (Lipinski definition) is 0. The van der Waals surface area contributed by atoms with Gasteiger partial charge < -0.3 is 0 Å². The number of para-hydroxylation sites is 1. The van der Waals surface area contributed by atoms with E-state index in [-0.39, 0.29) is 5.56 Å². The summed E-state index contributed by atoms with van der Waals surface area (Å²) < 4.78 is 1.23. The Morgan fingerprint density at radius 1 is 0.893 bits per heavy atom. The first kappa shape index (κ1) is 18.7. The Balaban J connectivity index is 1.97. The van der Waals surface area contributed by atoms with E-state index in [2.05, 4.69) is 10.1 Å². The van der Waals surface area contributed by atoms with Gasteiger partial charge >= 0.3 is 0 Å². The molecule has 4 rings (SSSR count). The highest BCUT2D eigenvalue weighted by Gasteiger charge is 2.14. The van der Waals surface area contributed by atoms with Crippen molar-refractivity contribution in [2.75, 3.05) is 0 Å². The van der Waals surface area contributed by atoms with Crippen LogP contribution in [-0.2, 0) is 0 Å². The van der Waals surface area contributed by atoms with Crippen LogP contribution in [0.1, 0.15) is 5.56 Å². The van der Waals surface area contributed by atoms with E-state index in [4.69, 9.17) is 34.8 Å². The van der Waals surface area contributed by atoms with Crippen LogP contribution in [0.2, 0.25) is 15.1 Å². The number of rotatable bonds is 3. The standard InChI is InChI=1S/C21H12Cl3N3O/c22-14-10-9-13(18(24)11-14)12-25-27-20(15-5-1-3-7-17(15)23)26-19-8-4-2-6-16(19)21(27)28/h1-12H/b25-12+. The molecule has 0 aliphatic carbocycles. The summed E-state index contributed by atoms with van der Waals surface area (Å²) in [7, 11) is 0.